The van der Waals surface area contributed by atoms with E-state index in [0.717, 1.165) is 39.1 Å². The fourth-order valence-electron chi connectivity index (χ4n) is 3.01. The number of esters is 1. The number of methoxy groups -OCH3 is 1. The molecule has 20 heavy (non-hydrogen) atoms. The number of carbonyl (C=O) groups is 1. The molecule has 2 aliphatic rings. The van der Waals surface area contributed by atoms with E-state index in [2.05, 4.69) is 34.5 Å². The molecule has 1 aromatic carbocycles. The maximum absolute atomic E-state index is 11.5. The normalized spacial score (nSPS) is 23.6. The van der Waals surface area contributed by atoms with Crippen molar-refractivity contribution in [3.05, 3.63) is 35.4 Å². The molecule has 1 N–H and O–H groups in total. The Morgan fingerprint density at radius 1 is 1.35 bits per heavy atom. The van der Waals surface area contributed by atoms with Crippen LogP contribution in [-0.2, 0) is 16.1 Å². The van der Waals surface area contributed by atoms with Crippen molar-refractivity contribution in [1.82, 2.24) is 10.2 Å². The van der Waals surface area contributed by atoms with Gasteiger partial charge in [-0.3, -0.25) is 9.69 Å². The molecule has 1 aromatic rings. The van der Waals surface area contributed by atoms with Crippen molar-refractivity contribution < 1.29 is 9.53 Å². The Morgan fingerprint density at radius 3 is 2.70 bits per heavy atom. The third-order valence-corrected chi connectivity index (χ3v) is 4.45. The molecule has 0 bridgehead atoms. The van der Waals surface area contributed by atoms with E-state index < -0.39 is 0 Å². The highest BCUT2D eigenvalue weighted by Crippen LogP contribution is 2.22. The van der Waals surface area contributed by atoms with Crippen molar-refractivity contribution in [3.63, 3.8) is 0 Å². The Morgan fingerprint density at radius 2 is 2.10 bits per heavy atom. The van der Waals surface area contributed by atoms with Crippen LogP contribution in [0, 0.1) is 5.92 Å². The van der Waals surface area contributed by atoms with E-state index in [0.29, 0.717) is 5.92 Å². The van der Waals surface area contributed by atoms with Gasteiger partial charge in [0.25, 0.3) is 0 Å². The molecule has 1 unspecified atom stereocenters. The number of benzene rings is 1. The highest BCUT2D eigenvalue weighted by Gasteiger charge is 2.28. The second-order valence-electron chi connectivity index (χ2n) is 5.84. The number of nitrogens with zero attached hydrogens (tertiary/aromatic N) is 1. The van der Waals surface area contributed by atoms with Gasteiger partial charge in [0.15, 0.2) is 0 Å². The second-order valence-corrected chi connectivity index (χ2v) is 5.84. The average molecular weight is 274 g/mol. The molecule has 0 saturated carbocycles. The van der Waals surface area contributed by atoms with Gasteiger partial charge in [-0.1, -0.05) is 24.3 Å². The molecule has 2 heterocycles. The van der Waals surface area contributed by atoms with Gasteiger partial charge in [-0.05, 0) is 24.1 Å². The second kappa shape index (κ2) is 5.94. The summed E-state index contributed by atoms with van der Waals surface area (Å²) in [5.74, 6) is 0.681. The zero-order valence-corrected chi connectivity index (χ0v) is 12.0. The van der Waals surface area contributed by atoms with E-state index in [1.54, 1.807) is 0 Å². The Bertz CT molecular complexity index is 468. The van der Waals surface area contributed by atoms with E-state index >= 15 is 0 Å². The summed E-state index contributed by atoms with van der Waals surface area (Å²) in [6.07, 6.45) is 0.915. The topological polar surface area (TPSA) is 41.6 Å². The first-order valence-corrected chi connectivity index (χ1v) is 7.36. The molecule has 0 radical (unpaired) electrons. The summed E-state index contributed by atoms with van der Waals surface area (Å²) in [6, 6.07) is 8.93. The molecule has 3 rings (SSSR count). The summed E-state index contributed by atoms with van der Waals surface area (Å²) >= 11 is 0. The molecule has 2 aliphatic heterocycles. The molecule has 108 valence electrons. The van der Waals surface area contributed by atoms with Gasteiger partial charge in [0.1, 0.15) is 0 Å². The Labute approximate surface area is 120 Å². The number of hydrogen-bond donors (Lipinski definition) is 1. The van der Waals surface area contributed by atoms with Gasteiger partial charge in [0, 0.05) is 32.1 Å². The standard InChI is InChI=1S/C16H22N2O2/c1-20-16(19)14-6-7-18(11-14)10-12-2-4-13(5-3-12)15-8-17-9-15/h2-5,14-15,17H,6-11H2,1H3. The highest BCUT2D eigenvalue weighted by atomic mass is 16.5. The Hall–Kier alpha value is -1.39. The summed E-state index contributed by atoms with van der Waals surface area (Å²) in [6.45, 7) is 4.93. The summed E-state index contributed by atoms with van der Waals surface area (Å²) in [4.78, 5) is 13.9. The minimum atomic E-state index is -0.0691. The van der Waals surface area contributed by atoms with Crippen molar-refractivity contribution in [3.8, 4) is 0 Å². The summed E-state index contributed by atoms with van der Waals surface area (Å²) in [5.41, 5.74) is 2.76. The molecule has 4 heteroatoms. The predicted octanol–water partition coefficient (Wildman–Crippen LogP) is 1.37. The van der Waals surface area contributed by atoms with Gasteiger partial charge in [0.2, 0.25) is 0 Å². The first-order valence-electron chi connectivity index (χ1n) is 7.36. The molecular weight excluding hydrogens is 252 g/mol. The third kappa shape index (κ3) is 2.86. The van der Waals surface area contributed by atoms with Gasteiger partial charge >= 0.3 is 5.97 Å². The molecule has 2 saturated heterocycles. The van der Waals surface area contributed by atoms with E-state index in [9.17, 15) is 4.79 Å². The fourth-order valence-corrected chi connectivity index (χ4v) is 3.01. The monoisotopic (exact) mass is 274 g/mol. The lowest BCUT2D eigenvalue weighted by atomic mass is 9.93. The first kappa shape index (κ1) is 13.6. The van der Waals surface area contributed by atoms with Crippen molar-refractivity contribution in [2.24, 2.45) is 5.92 Å². The maximum Gasteiger partial charge on any atom is 0.310 e. The highest BCUT2D eigenvalue weighted by molar-refractivity contribution is 5.72. The lowest BCUT2D eigenvalue weighted by Gasteiger charge is -2.27. The Balaban J connectivity index is 1.54. The lowest BCUT2D eigenvalue weighted by Crippen LogP contribution is -2.39. The van der Waals surface area contributed by atoms with Crippen LogP contribution >= 0.6 is 0 Å². The average Bonchev–Trinajstić information content (AvgIpc) is 2.86. The van der Waals surface area contributed by atoms with Crippen LogP contribution in [0.4, 0.5) is 0 Å². The van der Waals surface area contributed by atoms with Crippen molar-refractivity contribution in [2.45, 2.75) is 18.9 Å². The van der Waals surface area contributed by atoms with Gasteiger partial charge in [-0.25, -0.2) is 0 Å². The number of likely N-dealkylation sites (tertiary alicyclic amines) is 1. The van der Waals surface area contributed by atoms with Crippen LogP contribution in [-0.4, -0.2) is 44.2 Å². The van der Waals surface area contributed by atoms with Crippen LogP contribution in [0.2, 0.25) is 0 Å². The Kier molecular flexibility index (Phi) is 4.03. The van der Waals surface area contributed by atoms with Crippen LogP contribution in [0.3, 0.4) is 0 Å². The quantitative estimate of drug-likeness (QED) is 0.842. The molecule has 0 spiro atoms. The van der Waals surface area contributed by atoms with Gasteiger partial charge in [-0.15, -0.1) is 0 Å². The number of nitrogens with one attached hydrogen (secondary N) is 1. The van der Waals surface area contributed by atoms with E-state index in [1.165, 1.54) is 18.2 Å². The molecule has 2 fully saturated rings. The fraction of sp³-hybridized carbons (Fsp3) is 0.562. The van der Waals surface area contributed by atoms with Crippen LogP contribution in [0.5, 0.6) is 0 Å². The molecule has 1 atom stereocenters. The van der Waals surface area contributed by atoms with Crippen LogP contribution in [0.15, 0.2) is 24.3 Å². The van der Waals surface area contributed by atoms with E-state index in [-0.39, 0.29) is 11.9 Å². The predicted molar refractivity (Wildman–Crippen MR) is 77.5 cm³/mol. The molecule has 0 amide bonds. The maximum atomic E-state index is 11.5. The van der Waals surface area contributed by atoms with Crippen LogP contribution in [0.25, 0.3) is 0 Å². The number of rotatable bonds is 4. The SMILES string of the molecule is COC(=O)C1CCN(Cc2ccc(C3CNC3)cc2)C1. The molecule has 0 aromatic heterocycles. The smallest absolute Gasteiger partial charge is 0.310 e. The minimum Gasteiger partial charge on any atom is -0.469 e. The van der Waals surface area contributed by atoms with Gasteiger partial charge in [0.05, 0.1) is 13.0 Å². The summed E-state index contributed by atoms with van der Waals surface area (Å²) in [5, 5.41) is 3.30. The number of hydrogen-bond acceptors (Lipinski definition) is 4. The van der Waals surface area contributed by atoms with Crippen LogP contribution in [0.1, 0.15) is 23.5 Å². The summed E-state index contributed by atoms with van der Waals surface area (Å²) in [7, 11) is 1.47. The van der Waals surface area contributed by atoms with Crippen molar-refractivity contribution in [1.29, 1.82) is 0 Å². The third-order valence-electron chi connectivity index (χ3n) is 4.45. The first-order chi connectivity index (χ1) is 9.76. The van der Waals surface area contributed by atoms with E-state index in [4.69, 9.17) is 4.74 Å². The zero-order valence-electron chi connectivity index (χ0n) is 12.0. The van der Waals surface area contributed by atoms with Crippen LogP contribution < -0.4 is 5.32 Å². The minimum absolute atomic E-state index is 0.0559. The van der Waals surface area contributed by atoms with Crippen molar-refractivity contribution in [2.75, 3.05) is 33.3 Å². The number of carbonyl (C=O) groups excluding carboxylic acids is 1. The van der Waals surface area contributed by atoms with E-state index in [1.807, 2.05) is 0 Å². The molecule has 0 aliphatic carbocycles. The molecular formula is C16H22N2O2. The lowest BCUT2D eigenvalue weighted by molar-refractivity contribution is -0.144. The zero-order chi connectivity index (χ0) is 13.9. The summed E-state index contributed by atoms with van der Waals surface area (Å²) < 4.78 is 4.82. The molecule has 4 nitrogen and oxygen atoms in total. The number of ether oxygens (including phenoxy) is 1. The van der Waals surface area contributed by atoms with Crippen molar-refractivity contribution >= 4 is 5.97 Å². The van der Waals surface area contributed by atoms with Gasteiger partial charge in [-0.2, -0.15) is 0 Å². The van der Waals surface area contributed by atoms with Gasteiger partial charge < -0.3 is 10.1 Å². The largest absolute Gasteiger partial charge is 0.469 e.